The second-order valence-corrected chi connectivity index (χ2v) is 8.39. The molecule has 0 saturated heterocycles. The molecule has 2 aromatic carbocycles. The van der Waals surface area contributed by atoms with Gasteiger partial charge in [-0.1, -0.05) is 24.3 Å². The van der Waals surface area contributed by atoms with E-state index >= 15 is 0 Å². The predicted molar refractivity (Wildman–Crippen MR) is 125 cm³/mol. The van der Waals surface area contributed by atoms with Crippen molar-refractivity contribution >= 4 is 28.9 Å². The van der Waals surface area contributed by atoms with Crippen LogP contribution in [0.2, 0.25) is 0 Å². The Morgan fingerprint density at radius 1 is 1.17 bits per heavy atom. The topological polar surface area (TPSA) is 56.1 Å². The third-order valence-corrected chi connectivity index (χ3v) is 5.74. The van der Waals surface area contributed by atoms with E-state index in [0.29, 0.717) is 5.69 Å². The minimum absolute atomic E-state index is 0.0547. The number of nitrogens with zero attached hydrogens (tertiary/aromatic N) is 2. The summed E-state index contributed by atoms with van der Waals surface area (Å²) in [6.07, 6.45) is 3.96. The molecular formula is C26H29N3O. The number of carbonyl (C=O) groups is 1. The Labute approximate surface area is 179 Å². The van der Waals surface area contributed by atoms with Crippen molar-refractivity contribution in [3.63, 3.8) is 0 Å². The fraction of sp³-hybridized carbons (Fsp3) is 0.308. The van der Waals surface area contributed by atoms with Crippen molar-refractivity contribution in [3.05, 3.63) is 70.3 Å². The molecule has 1 heterocycles. The van der Waals surface area contributed by atoms with Crippen LogP contribution in [0, 0.1) is 25.2 Å². The molecule has 2 aromatic rings. The standard InChI is InChI=1S/C26H29N3O/c1-7-29-24-12-18(3)20(14-22(24)19(4)15-26(29,5)6)13-21(16-27)25(30)28-23-11-9-8-10-17(23)2/h8-15H,7H2,1-6H3,(H,28,30)/b21-13+. The summed E-state index contributed by atoms with van der Waals surface area (Å²) in [6.45, 7) is 13.6. The van der Waals surface area contributed by atoms with Gasteiger partial charge < -0.3 is 10.2 Å². The zero-order valence-electron chi connectivity index (χ0n) is 18.6. The van der Waals surface area contributed by atoms with E-state index in [4.69, 9.17) is 0 Å². The summed E-state index contributed by atoms with van der Waals surface area (Å²) >= 11 is 0. The summed E-state index contributed by atoms with van der Waals surface area (Å²) in [5.41, 5.74) is 7.17. The number of aryl methyl sites for hydroxylation is 2. The highest BCUT2D eigenvalue weighted by molar-refractivity contribution is 6.10. The molecule has 0 aliphatic carbocycles. The van der Waals surface area contributed by atoms with Crippen LogP contribution in [0.15, 0.2) is 48.0 Å². The zero-order valence-corrected chi connectivity index (χ0v) is 18.6. The van der Waals surface area contributed by atoms with E-state index in [-0.39, 0.29) is 11.1 Å². The first-order valence-electron chi connectivity index (χ1n) is 10.3. The smallest absolute Gasteiger partial charge is 0.266 e. The number of likely N-dealkylation sites (N-methyl/N-ethyl adjacent to an activating group) is 1. The first-order valence-corrected chi connectivity index (χ1v) is 10.3. The van der Waals surface area contributed by atoms with Crippen LogP contribution in [0.5, 0.6) is 0 Å². The summed E-state index contributed by atoms with van der Waals surface area (Å²) in [4.78, 5) is 15.1. The van der Waals surface area contributed by atoms with Crippen molar-refractivity contribution in [3.8, 4) is 6.07 Å². The van der Waals surface area contributed by atoms with Gasteiger partial charge in [-0.2, -0.15) is 5.26 Å². The molecule has 0 spiro atoms. The molecule has 30 heavy (non-hydrogen) atoms. The van der Waals surface area contributed by atoms with E-state index < -0.39 is 5.91 Å². The first-order chi connectivity index (χ1) is 14.2. The fourth-order valence-electron chi connectivity index (χ4n) is 4.18. The van der Waals surface area contributed by atoms with Gasteiger partial charge in [-0.3, -0.25) is 4.79 Å². The molecule has 154 valence electrons. The zero-order chi connectivity index (χ0) is 22.1. The Bertz CT molecular complexity index is 1100. The van der Waals surface area contributed by atoms with Crippen molar-refractivity contribution in [2.24, 2.45) is 0 Å². The quantitative estimate of drug-likeness (QED) is 0.517. The molecule has 1 aliphatic heterocycles. The molecule has 1 N–H and O–H groups in total. The number of nitrogens with one attached hydrogen (secondary N) is 1. The number of nitriles is 1. The van der Waals surface area contributed by atoms with Gasteiger partial charge in [0.25, 0.3) is 5.91 Å². The number of hydrogen-bond donors (Lipinski definition) is 1. The maximum Gasteiger partial charge on any atom is 0.266 e. The van der Waals surface area contributed by atoms with Crippen LogP contribution in [0.4, 0.5) is 11.4 Å². The Morgan fingerprint density at radius 3 is 2.50 bits per heavy atom. The second kappa shape index (κ2) is 8.20. The third kappa shape index (κ3) is 4.02. The van der Waals surface area contributed by atoms with Crippen molar-refractivity contribution in [2.75, 3.05) is 16.8 Å². The van der Waals surface area contributed by atoms with Gasteiger partial charge in [-0.25, -0.2) is 0 Å². The van der Waals surface area contributed by atoms with Crippen molar-refractivity contribution in [1.29, 1.82) is 5.26 Å². The normalized spacial score (nSPS) is 15.2. The molecule has 0 saturated carbocycles. The Hall–Kier alpha value is -3.32. The highest BCUT2D eigenvalue weighted by Crippen LogP contribution is 2.40. The average Bonchev–Trinajstić information content (AvgIpc) is 2.68. The Morgan fingerprint density at radius 2 is 1.87 bits per heavy atom. The van der Waals surface area contributed by atoms with Crippen LogP contribution in [0.3, 0.4) is 0 Å². The molecule has 3 rings (SSSR count). The van der Waals surface area contributed by atoms with Crippen LogP contribution >= 0.6 is 0 Å². The largest absolute Gasteiger partial charge is 0.363 e. The molecule has 0 unspecified atom stereocenters. The lowest BCUT2D eigenvalue weighted by atomic mass is 9.86. The third-order valence-electron chi connectivity index (χ3n) is 5.74. The molecular weight excluding hydrogens is 370 g/mol. The van der Waals surface area contributed by atoms with Crippen molar-refractivity contribution in [1.82, 2.24) is 0 Å². The van der Waals surface area contributed by atoms with E-state index in [0.717, 1.165) is 28.8 Å². The second-order valence-electron chi connectivity index (χ2n) is 8.39. The van der Waals surface area contributed by atoms with E-state index in [9.17, 15) is 10.1 Å². The number of anilines is 2. The van der Waals surface area contributed by atoms with Crippen LogP contribution in [-0.4, -0.2) is 18.0 Å². The van der Waals surface area contributed by atoms with Crippen molar-refractivity contribution in [2.45, 2.75) is 47.1 Å². The molecule has 0 atom stereocenters. The van der Waals surface area contributed by atoms with Crippen LogP contribution in [0.25, 0.3) is 11.6 Å². The summed E-state index contributed by atoms with van der Waals surface area (Å²) in [5.74, 6) is -0.396. The van der Waals surface area contributed by atoms with Gasteiger partial charge in [0.15, 0.2) is 0 Å². The highest BCUT2D eigenvalue weighted by Gasteiger charge is 2.30. The Balaban J connectivity index is 2.01. The number of hydrogen-bond acceptors (Lipinski definition) is 3. The first kappa shape index (κ1) is 21.4. The number of rotatable bonds is 4. The van der Waals surface area contributed by atoms with E-state index in [1.165, 1.54) is 11.3 Å². The number of amides is 1. The van der Waals surface area contributed by atoms with Crippen LogP contribution < -0.4 is 10.2 Å². The molecule has 1 amide bonds. The van der Waals surface area contributed by atoms with Gasteiger partial charge in [0.05, 0.1) is 5.54 Å². The number of allylic oxidation sites excluding steroid dienone is 1. The maximum atomic E-state index is 12.7. The summed E-state index contributed by atoms with van der Waals surface area (Å²) in [6, 6.07) is 13.9. The van der Waals surface area contributed by atoms with Gasteiger partial charge >= 0.3 is 0 Å². The monoisotopic (exact) mass is 399 g/mol. The van der Waals surface area contributed by atoms with E-state index in [2.05, 4.69) is 62.2 Å². The molecule has 4 heteroatoms. The molecule has 0 aromatic heterocycles. The van der Waals surface area contributed by atoms with Gasteiger partial charge in [0.2, 0.25) is 0 Å². The Kier molecular flexibility index (Phi) is 5.85. The van der Waals surface area contributed by atoms with Crippen molar-refractivity contribution < 1.29 is 4.79 Å². The molecule has 1 aliphatic rings. The minimum Gasteiger partial charge on any atom is -0.363 e. The molecule has 0 bridgehead atoms. The van der Waals surface area contributed by atoms with Gasteiger partial charge in [-0.15, -0.1) is 0 Å². The number of benzene rings is 2. The fourth-order valence-corrected chi connectivity index (χ4v) is 4.18. The molecule has 0 radical (unpaired) electrons. The average molecular weight is 400 g/mol. The number of fused-ring (bicyclic) bond motifs is 1. The predicted octanol–water partition coefficient (Wildman–Crippen LogP) is 5.87. The highest BCUT2D eigenvalue weighted by atomic mass is 16.1. The number of carbonyl (C=O) groups excluding carboxylic acids is 1. The lowest BCUT2D eigenvalue weighted by Gasteiger charge is -2.43. The summed E-state index contributed by atoms with van der Waals surface area (Å²) in [5, 5.41) is 12.5. The summed E-state index contributed by atoms with van der Waals surface area (Å²) < 4.78 is 0. The van der Waals surface area contributed by atoms with E-state index in [1.54, 1.807) is 6.08 Å². The van der Waals surface area contributed by atoms with E-state index in [1.807, 2.05) is 38.1 Å². The number of para-hydroxylation sites is 1. The lowest BCUT2D eigenvalue weighted by Crippen LogP contribution is -2.44. The van der Waals surface area contributed by atoms with Crippen LogP contribution in [0.1, 0.15) is 49.9 Å². The maximum absolute atomic E-state index is 12.7. The van der Waals surface area contributed by atoms with Gasteiger partial charge in [0, 0.05) is 23.5 Å². The van der Waals surface area contributed by atoms with Gasteiger partial charge in [-0.05, 0) is 88.1 Å². The SMILES string of the molecule is CCN1c2cc(C)c(/C=C(\C#N)C(=O)Nc3ccccc3C)cc2C(C)=CC1(C)C. The molecule has 0 fully saturated rings. The van der Waals surface area contributed by atoms with Crippen LogP contribution in [-0.2, 0) is 4.79 Å². The van der Waals surface area contributed by atoms with Gasteiger partial charge in [0.1, 0.15) is 11.6 Å². The summed E-state index contributed by atoms with van der Waals surface area (Å²) in [7, 11) is 0. The lowest BCUT2D eigenvalue weighted by molar-refractivity contribution is -0.112. The molecule has 4 nitrogen and oxygen atoms in total. The minimum atomic E-state index is -0.396.